The van der Waals surface area contributed by atoms with E-state index in [1.165, 1.54) is 43.4 Å². The van der Waals surface area contributed by atoms with Gasteiger partial charge in [0.1, 0.15) is 17.4 Å². The summed E-state index contributed by atoms with van der Waals surface area (Å²) in [6.07, 6.45) is -2.02. The first kappa shape index (κ1) is 36.3. The van der Waals surface area contributed by atoms with Gasteiger partial charge in [0.2, 0.25) is 5.91 Å². The Morgan fingerprint density at radius 3 is 2.49 bits per heavy atom. The lowest BCUT2D eigenvalue weighted by Gasteiger charge is -2.41. The number of carbonyl (C=O) groups is 2. The largest absolute Gasteiger partial charge is 0.426 e. The summed E-state index contributed by atoms with van der Waals surface area (Å²) in [5.74, 6) is -3.72. The highest BCUT2D eigenvalue weighted by Gasteiger charge is 2.46. The monoisotopic (exact) mass is 730 g/mol. The number of rotatable bonds is 10. The van der Waals surface area contributed by atoms with Gasteiger partial charge in [-0.05, 0) is 100 Å². The van der Waals surface area contributed by atoms with E-state index in [0.717, 1.165) is 34.6 Å². The van der Waals surface area contributed by atoms with Crippen LogP contribution in [-0.4, -0.2) is 49.1 Å². The maximum atomic E-state index is 14.7. The van der Waals surface area contributed by atoms with Crippen molar-refractivity contribution in [2.75, 3.05) is 23.3 Å². The zero-order valence-corrected chi connectivity index (χ0v) is 29.3. The minimum absolute atomic E-state index is 0.0190. The standard InChI is InChI=1S/C36H38F4N4O6S/c1-21-41-31-18-26(11-13-32(31)43(21)3)51(47,48)44(4)24-6-5-7-25(17-24)50-34(46)27-14-15-35(2,49-20-22-8-9-22)19-28(27)33(45)42-30-12-10-23(16-29(30)37)36(38,39)40/h5-7,10-13,16-18,22,27-28H,8-9,14-15,19-20H2,1-4H3,(H,42,45)/t27-,28-,35+/m0/s1. The van der Waals surface area contributed by atoms with Gasteiger partial charge in [-0.2, -0.15) is 13.2 Å². The number of aryl methyl sites for hydroxylation is 2. The lowest BCUT2D eigenvalue weighted by Crippen LogP contribution is -2.47. The van der Waals surface area contributed by atoms with E-state index < -0.39 is 62.6 Å². The summed E-state index contributed by atoms with van der Waals surface area (Å²) in [6.45, 7) is 4.14. The number of halogens is 4. The Labute approximate surface area is 292 Å². The van der Waals surface area contributed by atoms with Crippen molar-refractivity contribution in [1.82, 2.24) is 9.55 Å². The molecule has 2 aliphatic carbocycles. The second kappa shape index (κ2) is 13.6. The topological polar surface area (TPSA) is 120 Å². The summed E-state index contributed by atoms with van der Waals surface area (Å²) in [4.78, 5) is 31.8. The third-order valence-corrected chi connectivity index (χ3v) is 11.6. The Balaban J connectivity index is 1.21. The fourth-order valence-electron chi connectivity index (χ4n) is 6.37. The third-order valence-electron chi connectivity index (χ3n) is 9.81. The Hall–Kier alpha value is -4.50. The van der Waals surface area contributed by atoms with Gasteiger partial charge >= 0.3 is 12.1 Å². The first-order chi connectivity index (χ1) is 23.9. The number of hydrogen-bond donors (Lipinski definition) is 1. The minimum atomic E-state index is -4.77. The van der Waals surface area contributed by atoms with Crippen LogP contribution in [0.4, 0.5) is 28.9 Å². The van der Waals surface area contributed by atoms with Gasteiger partial charge < -0.3 is 19.4 Å². The molecule has 3 aromatic carbocycles. The Kier molecular flexibility index (Phi) is 9.65. The predicted octanol–water partition coefficient (Wildman–Crippen LogP) is 7.01. The molecule has 1 heterocycles. The average molecular weight is 731 g/mol. The van der Waals surface area contributed by atoms with Gasteiger partial charge in [-0.15, -0.1) is 0 Å². The molecule has 2 aliphatic rings. The molecule has 2 saturated carbocycles. The third kappa shape index (κ3) is 7.74. The molecule has 0 aliphatic heterocycles. The molecule has 0 saturated heterocycles. The number of nitrogens with zero attached hydrogens (tertiary/aromatic N) is 3. The first-order valence-electron chi connectivity index (χ1n) is 16.5. The molecule has 0 radical (unpaired) electrons. The lowest BCUT2D eigenvalue weighted by atomic mass is 9.71. The van der Waals surface area contributed by atoms with Crippen LogP contribution in [0.15, 0.2) is 65.6 Å². The number of fused-ring (bicyclic) bond motifs is 1. The molecule has 0 bridgehead atoms. The van der Waals surface area contributed by atoms with Crippen molar-refractivity contribution in [3.63, 3.8) is 0 Å². The maximum Gasteiger partial charge on any atom is 0.416 e. The van der Waals surface area contributed by atoms with E-state index in [-0.39, 0.29) is 29.2 Å². The highest BCUT2D eigenvalue weighted by Crippen LogP contribution is 2.42. The van der Waals surface area contributed by atoms with Gasteiger partial charge in [0.25, 0.3) is 10.0 Å². The Morgan fingerprint density at radius 1 is 1.06 bits per heavy atom. The van der Waals surface area contributed by atoms with Gasteiger partial charge in [-0.1, -0.05) is 6.07 Å². The van der Waals surface area contributed by atoms with Crippen LogP contribution < -0.4 is 14.4 Å². The Bertz CT molecular complexity index is 2100. The highest BCUT2D eigenvalue weighted by atomic mass is 32.2. The normalized spacial score (nSPS) is 21.0. The van der Waals surface area contributed by atoms with E-state index in [0.29, 0.717) is 36.6 Å². The molecular formula is C36H38F4N4O6S. The molecule has 272 valence electrons. The SMILES string of the molecule is Cc1nc2cc(S(=O)(=O)N(C)c3cccc(OC(=O)[C@H]4CC[C@@](C)(OCC5CC5)C[C@@H]4C(=O)Nc4ccc(C(F)(F)F)cc4F)c3)ccc2n1C. The van der Waals surface area contributed by atoms with E-state index in [1.807, 2.05) is 25.5 Å². The zero-order valence-electron chi connectivity index (χ0n) is 28.5. The molecule has 51 heavy (non-hydrogen) atoms. The molecular weight excluding hydrogens is 692 g/mol. The van der Waals surface area contributed by atoms with Crippen LogP contribution in [0.2, 0.25) is 0 Å². The van der Waals surface area contributed by atoms with Gasteiger partial charge in [-0.25, -0.2) is 17.8 Å². The summed E-state index contributed by atoms with van der Waals surface area (Å²) in [5.41, 5.74) is -0.947. The fourth-order valence-corrected chi connectivity index (χ4v) is 7.58. The number of ether oxygens (including phenoxy) is 2. The number of anilines is 2. The molecule has 1 aromatic heterocycles. The van der Waals surface area contributed by atoms with E-state index in [1.54, 1.807) is 6.07 Å². The van der Waals surface area contributed by atoms with Crippen molar-refractivity contribution in [3.8, 4) is 5.75 Å². The van der Waals surface area contributed by atoms with Crippen LogP contribution >= 0.6 is 0 Å². The molecule has 10 nitrogen and oxygen atoms in total. The first-order valence-corrected chi connectivity index (χ1v) is 17.9. The molecule has 4 aromatic rings. The van der Waals surface area contributed by atoms with E-state index in [2.05, 4.69) is 10.3 Å². The molecule has 1 N–H and O–H groups in total. The summed E-state index contributed by atoms with van der Waals surface area (Å²) in [7, 11) is -0.850. The van der Waals surface area contributed by atoms with Gasteiger partial charge in [0, 0.05) is 20.2 Å². The molecule has 0 spiro atoms. The number of alkyl halides is 3. The van der Waals surface area contributed by atoms with Crippen molar-refractivity contribution in [2.45, 2.75) is 62.6 Å². The van der Waals surface area contributed by atoms with Crippen molar-refractivity contribution in [2.24, 2.45) is 24.8 Å². The zero-order chi connectivity index (χ0) is 36.9. The van der Waals surface area contributed by atoms with Crippen LogP contribution in [-0.2, 0) is 37.6 Å². The lowest BCUT2D eigenvalue weighted by molar-refractivity contribution is -0.152. The van der Waals surface area contributed by atoms with E-state index in [4.69, 9.17) is 9.47 Å². The molecule has 2 fully saturated rings. The summed E-state index contributed by atoms with van der Waals surface area (Å²) in [5, 5.41) is 2.37. The number of sulfonamides is 1. The van der Waals surface area contributed by atoms with Gasteiger partial charge in [0.15, 0.2) is 0 Å². The minimum Gasteiger partial charge on any atom is -0.426 e. The fraction of sp³-hybridized carbons (Fsp3) is 0.417. The van der Waals surface area contributed by atoms with Crippen LogP contribution in [0.3, 0.4) is 0 Å². The van der Waals surface area contributed by atoms with Crippen LogP contribution in [0.25, 0.3) is 11.0 Å². The number of benzene rings is 3. The predicted molar refractivity (Wildman–Crippen MR) is 181 cm³/mol. The summed E-state index contributed by atoms with van der Waals surface area (Å²) >= 11 is 0. The molecule has 0 unspecified atom stereocenters. The molecule has 6 rings (SSSR count). The smallest absolute Gasteiger partial charge is 0.416 e. The van der Waals surface area contributed by atoms with E-state index >= 15 is 0 Å². The number of imidazole rings is 1. The summed E-state index contributed by atoms with van der Waals surface area (Å²) < 4.78 is 96.1. The molecule has 15 heteroatoms. The van der Waals surface area contributed by atoms with Gasteiger partial charge in [0.05, 0.1) is 56.9 Å². The van der Waals surface area contributed by atoms with Gasteiger partial charge in [-0.3, -0.25) is 13.9 Å². The van der Waals surface area contributed by atoms with E-state index in [9.17, 15) is 35.6 Å². The number of nitrogens with one attached hydrogen (secondary N) is 1. The number of amides is 1. The maximum absolute atomic E-state index is 14.7. The average Bonchev–Trinajstić information content (AvgIpc) is 3.87. The molecule has 3 atom stereocenters. The number of carbonyl (C=O) groups excluding carboxylic acids is 2. The van der Waals surface area contributed by atoms with Crippen molar-refractivity contribution in [1.29, 1.82) is 0 Å². The summed E-state index contributed by atoms with van der Waals surface area (Å²) in [6, 6.07) is 12.4. The van der Waals surface area contributed by atoms with Crippen molar-refractivity contribution >= 4 is 44.3 Å². The van der Waals surface area contributed by atoms with Crippen LogP contribution in [0.1, 0.15) is 50.4 Å². The second-order valence-electron chi connectivity index (χ2n) is 13.6. The van der Waals surface area contributed by atoms with Crippen LogP contribution in [0.5, 0.6) is 5.75 Å². The highest BCUT2D eigenvalue weighted by molar-refractivity contribution is 7.92. The second-order valence-corrected chi connectivity index (χ2v) is 15.6. The molecule has 1 amide bonds. The number of aromatic nitrogens is 2. The Morgan fingerprint density at radius 2 is 1.80 bits per heavy atom. The number of hydrogen-bond acceptors (Lipinski definition) is 7. The number of esters is 1. The van der Waals surface area contributed by atoms with Crippen molar-refractivity contribution < 1.29 is 45.0 Å². The van der Waals surface area contributed by atoms with Crippen LogP contribution in [0, 0.1) is 30.5 Å². The van der Waals surface area contributed by atoms with Crippen molar-refractivity contribution in [3.05, 3.63) is 77.9 Å². The quantitative estimate of drug-likeness (QED) is 0.106.